The lowest BCUT2D eigenvalue weighted by atomic mass is 10.1. The first-order valence-electron chi connectivity index (χ1n) is 4.71. The van der Waals surface area contributed by atoms with Crippen LogP contribution in [-0.2, 0) is 12.1 Å². The van der Waals surface area contributed by atoms with E-state index in [1.807, 2.05) is 23.3 Å². The SMILES string of the molecule is CC(C)(NCc1cncs1)c1nccs1. The van der Waals surface area contributed by atoms with E-state index in [1.54, 1.807) is 22.7 Å². The number of rotatable bonds is 4. The van der Waals surface area contributed by atoms with Gasteiger partial charge in [-0.25, -0.2) is 4.98 Å². The van der Waals surface area contributed by atoms with Gasteiger partial charge in [0, 0.05) is 29.2 Å². The Morgan fingerprint density at radius 1 is 1.40 bits per heavy atom. The number of nitrogens with zero attached hydrogens (tertiary/aromatic N) is 2. The molecule has 15 heavy (non-hydrogen) atoms. The highest BCUT2D eigenvalue weighted by atomic mass is 32.1. The third-order valence-electron chi connectivity index (χ3n) is 2.16. The summed E-state index contributed by atoms with van der Waals surface area (Å²) in [7, 11) is 0. The summed E-state index contributed by atoms with van der Waals surface area (Å²) in [6.45, 7) is 5.14. The highest BCUT2D eigenvalue weighted by molar-refractivity contribution is 7.09. The molecule has 0 atom stereocenters. The Morgan fingerprint density at radius 2 is 2.27 bits per heavy atom. The summed E-state index contributed by atoms with van der Waals surface area (Å²) in [4.78, 5) is 9.63. The van der Waals surface area contributed by atoms with Gasteiger partial charge >= 0.3 is 0 Å². The molecule has 0 saturated heterocycles. The molecule has 0 unspecified atom stereocenters. The molecule has 0 amide bonds. The molecule has 0 aliphatic rings. The van der Waals surface area contributed by atoms with Gasteiger partial charge in [0.05, 0.1) is 11.0 Å². The van der Waals surface area contributed by atoms with Gasteiger partial charge in [-0.3, -0.25) is 4.98 Å². The molecule has 0 fully saturated rings. The Bertz CT molecular complexity index is 392. The number of aromatic nitrogens is 2. The average Bonchev–Trinajstić information content (AvgIpc) is 2.88. The highest BCUT2D eigenvalue weighted by Gasteiger charge is 2.22. The van der Waals surface area contributed by atoms with Crippen LogP contribution < -0.4 is 5.32 Å². The Morgan fingerprint density at radius 3 is 2.87 bits per heavy atom. The molecule has 3 nitrogen and oxygen atoms in total. The second-order valence-corrected chi connectivity index (χ2v) is 5.65. The molecule has 80 valence electrons. The lowest BCUT2D eigenvalue weighted by molar-refractivity contribution is 0.401. The van der Waals surface area contributed by atoms with Crippen LogP contribution in [-0.4, -0.2) is 9.97 Å². The van der Waals surface area contributed by atoms with Gasteiger partial charge in [-0.2, -0.15) is 0 Å². The molecule has 0 bridgehead atoms. The van der Waals surface area contributed by atoms with E-state index in [1.165, 1.54) is 4.88 Å². The monoisotopic (exact) mass is 239 g/mol. The summed E-state index contributed by atoms with van der Waals surface area (Å²) in [5, 5.41) is 6.61. The minimum atomic E-state index is -0.0713. The summed E-state index contributed by atoms with van der Waals surface area (Å²) < 4.78 is 0. The maximum atomic E-state index is 4.33. The second kappa shape index (κ2) is 4.38. The van der Waals surface area contributed by atoms with Crippen molar-refractivity contribution in [1.82, 2.24) is 15.3 Å². The topological polar surface area (TPSA) is 37.8 Å². The van der Waals surface area contributed by atoms with Gasteiger partial charge in [0.15, 0.2) is 0 Å². The second-order valence-electron chi connectivity index (χ2n) is 3.78. The summed E-state index contributed by atoms with van der Waals surface area (Å²) in [5.41, 5.74) is 1.78. The lowest BCUT2D eigenvalue weighted by Gasteiger charge is -2.23. The minimum Gasteiger partial charge on any atom is -0.301 e. The van der Waals surface area contributed by atoms with Gasteiger partial charge in [0.25, 0.3) is 0 Å². The van der Waals surface area contributed by atoms with Crippen molar-refractivity contribution < 1.29 is 0 Å². The molecule has 2 aromatic rings. The maximum absolute atomic E-state index is 4.33. The van der Waals surface area contributed by atoms with E-state index in [9.17, 15) is 0 Å². The van der Waals surface area contributed by atoms with E-state index in [0.717, 1.165) is 11.6 Å². The van der Waals surface area contributed by atoms with Gasteiger partial charge in [-0.05, 0) is 13.8 Å². The van der Waals surface area contributed by atoms with Crippen LogP contribution in [0.4, 0.5) is 0 Å². The molecular formula is C10H13N3S2. The van der Waals surface area contributed by atoms with Crippen molar-refractivity contribution in [3.05, 3.63) is 33.2 Å². The van der Waals surface area contributed by atoms with Crippen LogP contribution in [0.2, 0.25) is 0 Å². The lowest BCUT2D eigenvalue weighted by Crippen LogP contribution is -2.35. The standard InChI is InChI=1S/C10H13N3S2/c1-10(2,9-12-3-4-14-9)13-6-8-5-11-7-15-8/h3-5,7,13H,6H2,1-2H3. The van der Waals surface area contributed by atoms with Crippen molar-refractivity contribution in [2.75, 3.05) is 0 Å². The van der Waals surface area contributed by atoms with Crippen LogP contribution in [0.25, 0.3) is 0 Å². The third kappa shape index (κ3) is 2.62. The van der Waals surface area contributed by atoms with Gasteiger partial charge in [-0.15, -0.1) is 22.7 Å². The third-order valence-corrected chi connectivity index (χ3v) is 4.03. The number of hydrogen-bond donors (Lipinski definition) is 1. The molecule has 0 radical (unpaired) electrons. The highest BCUT2D eigenvalue weighted by Crippen LogP contribution is 2.22. The first-order chi connectivity index (χ1) is 7.18. The Balaban J connectivity index is 1.99. The maximum Gasteiger partial charge on any atom is 0.112 e. The van der Waals surface area contributed by atoms with Gasteiger partial charge < -0.3 is 5.32 Å². The Labute approximate surface area is 97.2 Å². The Kier molecular flexibility index (Phi) is 3.14. The predicted molar refractivity (Wildman–Crippen MR) is 64.1 cm³/mol. The first-order valence-corrected chi connectivity index (χ1v) is 6.47. The summed E-state index contributed by atoms with van der Waals surface area (Å²) in [5.74, 6) is 0. The van der Waals surface area contributed by atoms with Crippen LogP contribution >= 0.6 is 22.7 Å². The number of thiazole rings is 2. The molecule has 0 aliphatic carbocycles. The van der Waals surface area contributed by atoms with Crippen LogP contribution in [0.1, 0.15) is 23.7 Å². The van der Waals surface area contributed by atoms with E-state index in [4.69, 9.17) is 0 Å². The summed E-state index contributed by atoms with van der Waals surface area (Å²) in [6, 6.07) is 0. The largest absolute Gasteiger partial charge is 0.301 e. The number of nitrogens with one attached hydrogen (secondary N) is 1. The van der Waals surface area contributed by atoms with E-state index < -0.39 is 0 Å². The molecule has 0 saturated carbocycles. The molecule has 2 aromatic heterocycles. The van der Waals surface area contributed by atoms with Crippen molar-refractivity contribution in [3.8, 4) is 0 Å². The van der Waals surface area contributed by atoms with Crippen LogP contribution in [0, 0.1) is 0 Å². The first kappa shape index (κ1) is 10.7. The zero-order valence-corrected chi connectivity index (χ0v) is 10.4. The van der Waals surface area contributed by atoms with Gasteiger partial charge in [0.2, 0.25) is 0 Å². The predicted octanol–water partition coefficient (Wildman–Crippen LogP) is 2.62. The zero-order valence-electron chi connectivity index (χ0n) is 8.73. The molecule has 0 aromatic carbocycles. The fraction of sp³-hybridized carbons (Fsp3) is 0.400. The van der Waals surface area contributed by atoms with Crippen molar-refractivity contribution in [2.24, 2.45) is 0 Å². The summed E-state index contributed by atoms with van der Waals surface area (Å²) in [6.07, 6.45) is 3.74. The number of hydrogen-bond acceptors (Lipinski definition) is 5. The minimum absolute atomic E-state index is 0.0713. The van der Waals surface area contributed by atoms with Crippen molar-refractivity contribution in [3.63, 3.8) is 0 Å². The zero-order chi connectivity index (χ0) is 10.7. The fourth-order valence-corrected chi connectivity index (χ4v) is 2.52. The molecule has 2 heterocycles. The average molecular weight is 239 g/mol. The molecule has 0 spiro atoms. The molecular weight excluding hydrogens is 226 g/mol. The van der Waals surface area contributed by atoms with Gasteiger partial charge in [-0.1, -0.05) is 0 Å². The fourth-order valence-electron chi connectivity index (χ4n) is 1.25. The molecule has 2 rings (SSSR count). The normalized spacial score (nSPS) is 11.9. The smallest absolute Gasteiger partial charge is 0.112 e. The van der Waals surface area contributed by atoms with E-state index in [-0.39, 0.29) is 5.54 Å². The van der Waals surface area contributed by atoms with Gasteiger partial charge in [0.1, 0.15) is 5.01 Å². The van der Waals surface area contributed by atoms with Crippen molar-refractivity contribution in [2.45, 2.75) is 25.9 Å². The Hall–Kier alpha value is -0.780. The van der Waals surface area contributed by atoms with Crippen LogP contribution in [0.5, 0.6) is 0 Å². The van der Waals surface area contributed by atoms with Crippen LogP contribution in [0.15, 0.2) is 23.3 Å². The summed E-state index contributed by atoms with van der Waals surface area (Å²) >= 11 is 3.35. The molecule has 5 heteroatoms. The van der Waals surface area contributed by atoms with Crippen molar-refractivity contribution in [1.29, 1.82) is 0 Å². The van der Waals surface area contributed by atoms with Crippen LogP contribution in [0.3, 0.4) is 0 Å². The van der Waals surface area contributed by atoms with Crippen molar-refractivity contribution >= 4 is 22.7 Å². The molecule has 0 aliphatic heterocycles. The van der Waals surface area contributed by atoms with E-state index in [0.29, 0.717) is 0 Å². The van der Waals surface area contributed by atoms with E-state index >= 15 is 0 Å². The van der Waals surface area contributed by atoms with E-state index in [2.05, 4.69) is 29.1 Å². The quantitative estimate of drug-likeness (QED) is 0.891. The molecule has 1 N–H and O–H groups in total.